The Hall–Kier alpha value is -2.72. The van der Waals surface area contributed by atoms with Crippen LogP contribution in [0.25, 0.3) is 11.1 Å². The summed E-state index contributed by atoms with van der Waals surface area (Å²) in [4.78, 5) is 13.4. The molecule has 0 spiro atoms. The van der Waals surface area contributed by atoms with Crippen molar-refractivity contribution in [1.29, 1.82) is 5.41 Å². The molecule has 1 heterocycles. The first-order valence-electron chi connectivity index (χ1n) is 9.33. The van der Waals surface area contributed by atoms with Crippen LogP contribution in [0.3, 0.4) is 0 Å². The van der Waals surface area contributed by atoms with Gasteiger partial charge in [-0.15, -0.1) is 0 Å². The normalized spacial score (nSPS) is 12.4. The van der Waals surface area contributed by atoms with Gasteiger partial charge < -0.3 is 5.32 Å². The molecule has 32 heavy (non-hydrogen) atoms. The molecule has 10 heteroatoms. The number of rotatable bonds is 4. The molecule has 0 bridgehead atoms. The second-order valence-corrected chi connectivity index (χ2v) is 9.26. The van der Waals surface area contributed by atoms with Gasteiger partial charge in [0.1, 0.15) is 5.49 Å². The zero-order valence-corrected chi connectivity index (χ0v) is 19.5. The van der Waals surface area contributed by atoms with Crippen LogP contribution in [0.4, 0.5) is 18.0 Å². The van der Waals surface area contributed by atoms with Crippen LogP contribution in [-0.4, -0.2) is 21.1 Å². The molecule has 0 saturated carbocycles. The van der Waals surface area contributed by atoms with Gasteiger partial charge in [-0.25, -0.2) is 4.79 Å². The van der Waals surface area contributed by atoms with Crippen LogP contribution in [0, 0.1) is 12.3 Å². The lowest BCUT2D eigenvalue weighted by atomic mass is 10.00. The monoisotopic (exact) mass is 525 g/mol. The molecule has 2 aromatic carbocycles. The van der Waals surface area contributed by atoms with Crippen molar-refractivity contribution < 1.29 is 22.2 Å². The van der Waals surface area contributed by atoms with Gasteiger partial charge >= 0.3 is 12.2 Å². The lowest BCUT2D eigenvalue weighted by Gasteiger charge is -2.16. The smallest absolute Gasteiger partial charge is 0.333 e. The van der Waals surface area contributed by atoms with Crippen LogP contribution in [0.2, 0.25) is 0 Å². The van der Waals surface area contributed by atoms with E-state index in [0.717, 1.165) is 22.3 Å². The number of benzene rings is 2. The fourth-order valence-corrected chi connectivity index (χ4v) is 4.04. The van der Waals surface area contributed by atoms with E-state index in [1.807, 2.05) is 0 Å². The molecule has 1 aromatic heterocycles. The number of amides is 1. The summed E-state index contributed by atoms with van der Waals surface area (Å²) in [6, 6.07) is 11.0. The highest BCUT2D eigenvalue weighted by atomic mass is 79.9. The standard InChI is InChI=1S/C22H19BrF3N3O2S/c1-13-18(23)12-29(21(30)28-11-14-6-8-17(9-7-14)32(2)31)20(27)19(13)15-4-3-5-16(10-15)22(24,25)26/h3-10,12,27H,11H2,1-2H3,(H,28,30). The molecule has 1 unspecified atom stereocenters. The second-order valence-electron chi connectivity index (χ2n) is 7.03. The van der Waals surface area contributed by atoms with E-state index >= 15 is 0 Å². The Balaban J connectivity index is 1.93. The summed E-state index contributed by atoms with van der Waals surface area (Å²) in [6.45, 7) is 1.82. The summed E-state index contributed by atoms with van der Waals surface area (Å²) >= 11 is 3.34. The second kappa shape index (κ2) is 9.41. The first kappa shape index (κ1) is 23.9. The van der Waals surface area contributed by atoms with E-state index in [0.29, 0.717) is 14.9 Å². The van der Waals surface area contributed by atoms with E-state index in [2.05, 4.69) is 21.2 Å². The van der Waals surface area contributed by atoms with Crippen molar-refractivity contribution in [3.05, 3.63) is 81.4 Å². The number of carbonyl (C=O) groups is 1. The van der Waals surface area contributed by atoms with Gasteiger partial charge in [0.15, 0.2) is 0 Å². The Morgan fingerprint density at radius 1 is 1.19 bits per heavy atom. The zero-order valence-electron chi connectivity index (χ0n) is 17.1. The molecular formula is C22H19BrF3N3O2S. The molecule has 0 fully saturated rings. The molecule has 0 aliphatic heterocycles. The van der Waals surface area contributed by atoms with E-state index in [9.17, 15) is 22.2 Å². The third-order valence-electron chi connectivity index (χ3n) is 4.85. The fraction of sp³-hybridized carbons (Fsp3) is 0.182. The van der Waals surface area contributed by atoms with Crippen LogP contribution < -0.4 is 10.8 Å². The fourth-order valence-electron chi connectivity index (χ4n) is 3.12. The summed E-state index contributed by atoms with van der Waals surface area (Å²) in [6.07, 6.45) is -1.54. The lowest BCUT2D eigenvalue weighted by Crippen LogP contribution is -2.36. The maximum atomic E-state index is 13.2. The van der Waals surface area contributed by atoms with E-state index in [1.54, 1.807) is 37.4 Å². The highest BCUT2D eigenvalue weighted by Gasteiger charge is 2.30. The molecule has 1 amide bonds. The van der Waals surface area contributed by atoms with Gasteiger partial charge in [-0.05, 0) is 63.8 Å². The summed E-state index contributed by atoms with van der Waals surface area (Å²) < 4.78 is 52.5. The molecule has 1 atom stereocenters. The highest BCUT2D eigenvalue weighted by Crippen LogP contribution is 2.33. The van der Waals surface area contributed by atoms with Crippen LogP contribution in [0.1, 0.15) is 16.7 Å². The largest absolute Gasteiger partial charge is 0.416 e. The summed E-state index contributed by atoms with van der Waals surface area (Å²) in [7, 11) is -1.11. The first-order valence-corrected chi connectivity index (χ1v) is 11.7. The topological polar surface area (TPSA) is 75.0 Å². The van der Waals surface area contributed by atoms with E-state index < -0.39 is 28.6 Å². The van der Waals surface area contributed by atoms with Crippen molar-refractivity contribution in [1.82, 2.24) is 9.88 Å². The highest BCUT2D eigenvalue weighted by molar-refractivity contribution is 9.10. The molecule has 2 N–H and O–H groups in total. The number of hydrogen-bond acceptors (Lipinski definition) is 3. The lowest BCUT2D eigenvalue weighted by molar-refractivity contribution is -0.137. The Labute approximate surface area is 193 Å². The maximum Gasteiger partial charge on any atom is 0.416 e. The van der Waals surface area contributed by atoms with Crippen LogP contribution in [0.15, 0.2) is 64.1 Å². The van der Waals surface area contributed by atoms with Crippen LogP contribution >= 0.6 is 15.9 Å². The molecule has 5 nitrogen and oxygen atoms in total. The molecule has 168 valence electrons. The quantitative estimate of drug-likeness (QED) is 0.490. The van der Waals surface area contributed by atoms with Crippen molar-refractivity contribution in [2.24, 2.45) is 0 Å². The van der Waals surface area contributed by atoms with Crippen LogP contribution in [-0.2, 0) is 23.5 Å². The molecule has 3 aromatic rings. The van der Waals surface area contributed by atoms with Crippen molar-refractivity contribution in [3.63, 3.8) is 0 Å². The van der Waals surface area contributed by atoms with Crippen molar-refractivity contribution >= 4 is 32.8 Å². The first-order chi connectivity index (χ1) is 15.0. The summed E-state index contributed by atoms with van der Waals surface area (Å²) in [5.41, 5.74) is 0.648. The summed E-state index contributed by atoms with van der Waals surface area (Å²) in [5.74, 6) is 0. The molecule has 0 aliphatic rings. The average molecular weight is 526 g/mol. The molecule has 3 rings (SSSR count). The van der Waals surface area contributed by atoms with Gasteiger partial charge in [0, 0.05) is 44.7 Å². The number of halogens is 4. The van der Waals surface area contributed by atoms with Gasteiger partial charge in [0.2, 0.25) is 0 Å². The number of nitrogens with zero attached hydrogens (tertiary/aromatic N) is 1. The molecule has 0 aliphatic carbocycles. The third kappa shape index (κ3) is 5.18. The van der Waals surface area contributed by atoms with E-state index in [1.165, 1.54) is 18.3 Å². The van der Waals surface area contributed by atoms with Gasteiger partial charge in [-0.1, -0.05) is 24.3 Å². The van der Waals surface area contributed by atoms with Gasteiger partial charge in [0.05, 0.1) is 5.56 Å². The molecular weight excluding hydrogens is 507 g/mol. The minimum absolute atomic E-state index is 0.159. The van der Waals surface area contributed by atoms with Gasteiger partial charge in [-0.3, -0.25) is 14.2 Å². The third-order valence-corrected chi connectivity index (χ3v) is 6.59. The van der Waals surface area contributed by atoms with Crippen molar-refractivity contribution in [2.75, 3.05) is 6.26 Å². The number of pyridine rings is 1. The van der Waals surface area contributed by atoms with Crippen LogP contribution in [0.5, 0.6) is 0 Å². The Bertz CT molecular complexity index is 1250. The maximum absolute atomic E-state index is 13.2. The number of hydrogen-bond donors (Lipinski definition) is 2. The molecule has 0 radical (unpaired) electrons. The molecule has 0 saturated heterocycles. The Morgan fingerprint density at radius 3 is 2.44 bits per heavy atom. The average Bonchev–Trinajstić information content (AvgIpc) is 2.74. The predicted octanol–water partition coefficient (Wildman–Crippen LogP) is 5.22. The Morgan fingerprint density at radius 2 is 1.84 bits per heavy atom. The number of alkyl halides is 3. The number of nitrogens with one attached hydrogen (secondary N) is 2. The minimum atomic E-state index is -4.52. The van der Waals surface area contributed by atoms with Crippen molar-refractivity contribution in [3.8, 4) is 11.1 Å². The van der Waals surface area contributed by atoms with E-state index in [4.69, 9.17) is 5.41 Å². The van der Waals surface area contributed by atoms with Gasteiger partial charge in [-0.2, -0.15) is 13.2 Å². The van der Waals surface area contributed by atoms with Gasteiger partial charge in [0.25, 0.3) is 0 Å². The number of carbonyl (C=O) groups excluding carboxylic acids is 1. The zero-order chi connectivity index (χ0) is 23.6. The SMILES string of the molecule is Cc1c(Br)cn(C(=O)NCc2ccc(S(C)=O)cc2)c(=N)c1-c1cccc(C(F)(F)F)c1. The number of aromatic nitrogens is 1. The van der Waals surface area contributed by atoms with Crippen molar-refractivity contribution in [2.45, 2.75) is 24.5 Å². The predicted molar refractivity (Wildman–Crippen MR) is 120 cm³/mol. The summed E-state index contributed by atoms with van der Waals surface area (Å²) in [5, 5.41) is 11.2. The van der Waals surface area contributed by atoms with E-state index in [-0.39, 0.29) is 23.2 Å². The Kier molecular flexibility index (Phi) is 7.04. The minimum Gasteiger partial charge on any atom is -0.333 e.